The number of pyridine rings is 1. The summed E-state index contributed by atoms with van der Waals surface area (Å²) >= 11 is 12.0. The summed E-state index contributed by atoms with van der Waals surface area (Å²) in [5.74, 6) is 1.04. The molecule has 0 bridgehead atoms. The zero-order chi connectivity index (χ0) is 16.0. The SMILES string of the molecule is CC(C)CCN(CCC(C)C)C(=O)c1cc(Cl)ncc1Cl. The van der Waals surface area contributed by atoms with Gasteiger partial charge in [0.05, 0.1) is 10.6 Å². The average molecular weight is 331 g/mol. The molecule has 1 aromatic rings. The topological polar surface area (TPSA) is 33.2 Å². The van der Waals surface area contributed by atoms with Crippen LogP contribution in [0.2, 0.25) is 10.2 Å². The third-order valence-electron chi connectivity index (χ3n) is 3.29. The summed E-state index contributed by atoms with van der Waals surface area (Å²) in [6, 6.07) is 1.55. The molecule has 1 amide bonds. The highest BCUT2D eigenvalue weighted by molar-refractivity contribution is 6.35. The lowest BCUT2D eigenvalue weighted by atomic mass is 10.1. The van der Waals surface area contributed by atoms with Crippen LogP contribution in [0.15, 0.2) is 12.3 Å². The van der Waals surface area contributed by atoms with Crippen molar-refractivity contribution in [2.45, 2.75) is 40.5 Å². The summed E-state index contributed by atoms with van der Waals surface area (Å²) in [5.41, 5.74) is 0.434. The Bertz CT molecular complexity index is 463. The number of rotatable bonds is 7. The monoisotopic (exact) mass is 330 g/mol. The van der Waals surface area contributed by atoms with Crippen LogP contribution in [0.25, 0.3) is 0 Å². The molecule has 5 heteroatoms. The van der Waals surface area contributed by atoms with E-state index in [0.717, 1.165) is 25.9 Å². The number of nitrogens with zero attached hydrogens (tertiary/aromatic N) is 2. The minimum absolute atomic E-state index is 0.0643. The van der Waals surface area contributed by atoms with Crippen LogP contribution in [0.4, 0.5) is 0 Å². The number of hydrogen-bond donors (Lipinski definition) is 0. The number of carbonyl (C=O) groups excluding carboxylic acids is 1. The molecule has 0 saturated heterocycles. The molecule has 0 aromatic carbocycles. The highest BCUT2D eigenvalue weighted by Gasteiger charge is 2.19. The quantitative estimate of drug-likeness (QED) is 0.664. The van der Waals surface area contributed by atoms with Crippen LogP contribution in [0.5, 0.6) is 0 Å². The Kier molecular flexibility index (Phi) is 7.47. The second-order valence-corrected chi connectivity index (χ2v) is 6.94. The molecule has 0 spiro atoms. The molecule has 0 atom stereocenters. The van der Waals surface area contributed by atoms with Crippen LogP contribution in [0.3, 0.4) is 0 Å². The van der Waals surface area contributed by atoms with Gasteiger partial charge < -0.3 is 4.90 Å². The third-order valence-corrected chi connectivity index (χ3v) is 3.80. The van der Waals surface area contributed by atoms with E-state index < -0.39 is 0 Å². The fraction of sp³-hybridized carbons (Fsp3) is 0.625. The number of hydrogen-bond acceptors (Lipinski definition) is 2. The molecule has 1 rings (SSSR count). The van der Waals surface area contributed by atoms with Gasteiger partial charge in [-0.2, -0.15) is 0 Å². The zero-order valence-electron chi connectivity index (χ0n) is 13.2. The smallest absolute Gasteiger partial charge is 0.255 e. The Morgan fingerprint density at radius 2 is 1.67 bits per heavy atom. The first-order valence-electron chi connectivity index (χ1n) is 7.41. The predicted octanol–water partition coefficient (Wildman–Crippen LogP) is 4.92. The summed E-state index contributed by atoms with van der Waals surface area (Å²) in [6.45, 7) is 10.1. The van der Waals surface area contributed by atoms with Crippen molar-refractivity contribution in [2.24, 2.45) is 11.8 Å². The zero-order valence-corrected chi connectivity index (χ0v) is 14.7. The molecule has 0 aliphatic rings. The van der Waals surface area contributed by atoms with E-state index in [1.165, 1.54) is 6.20 Å². The van der Waals surface area contributed by atoms with Crippen molar-refractivity contribution in [2.75, 3.05) is 13.1 Å². The molecule has 0 aliphatic carbocycles. The fourth-order valence-corrected chi connectivity index (χ4v) is 2.23. The molecule has 0 N–H and O–H groups in total. The summed E-state index contributed by atoms with van der Waals surface area (Å²) in [4.78, 5) is 18.5. The van der Waals surface area contributed by atoms with E-state index in [4.69, 9.17) is 23.2 Å². The summed E-state index contributed by atoms with van der Waals surface area (Å²) in [7, 11) is 0. The minimum atomic E-state index is -0.0643. The van der Waals surface area contributed by atoms with E-state index in [1.54, 1.807) is 6.07 Å². The van der Waals surface area contributed by atoms with Gasteiger partial charge in [0.15, 0.2) is 0 Å². The Morgan fingerprint density at radius 3 is 2.14 bits per heavy atom. The van der Waals surface area contributed by atoms with Gasteiger partial charge in [0, 0.05) is 19.3 Å². The molecule has 0 fully saturated rings. The number of amides is 1. The summed E-state index contributed by atoms with van der Waals surface area (Å²) in [5, 5.41) is 0.638. The highest BCUT2D eigenvalue weighted by atomic mass is 35.5. The average Bonchev–Trinajstić information content (AvgIpc) is 2.40. The van der Waals surface area contributed by atoms with Gasteiger partial charge in [-0.15, -0.1) is 0 Å². The van der Waals surface area contributed by atoms with Crippen molar-refractivity contribution in [3.63, 3.8) is 0 Å². The first-order chi connectivity index (χ1) is 9.81. The van der Waals surface area contributed by atoms with Crippen molar-refractivity contribution in [3.8, 4) is 0 Å². The van der Waals surface area contributed by atoms with Gasteiger partial charge in [-0.05, 0) is 30.7 Å². The molecule has 3 nitrogen and oxygen atoms in total. The van der Waals surface area contributed by atoms with E-state index >= 15 is 0 Å². The largest absolute Gasteiger partial charge is 0.339 e. The fourth-order valence-electron chi connectivity index (χ4n) is 1.89. The van der Waals surface area contributed by atoms with E-state index in [1.807, 2.05) is 4.90 Å². The van der Waals surface area contributed by atoms with Crippen molar-refractivity contribution < 1.29 is 4.79 Å². The van der Waals surface area contributed by atoms with E-state index in [-0.39, 0.29) is 11.1 Å². The normalized spacial score (nSPS) is 11.2. The van der Waals surface area contributed by atoms with Crippen LogP contribution < -0.4 is 0 Å². The number of halogens is 2. The Balaban J connectivity index is 2.89. The van der Waals surface area contributed by atoms with Gasteiger partial charge in [-0.1, -0.05) is 50.9 Å². The predicted molar refractivity (Wildman–Crippen MR) is 89.1 cm³/mol. The van der Waals surface area contributed by atoms with Gasteiger partial charge in [-0.25, -0.2) is 4.98 Å². The van der Waals surface area contributed by atoms with Crippen molar-refractivity contribution in [1.29, 1.82) is 0 Å². The molecule has 118 valence electrons. The van der Waals surface area contributed by atoms with Gasteiger partial charge in [0.25, 0.3) is 5.91 Å². The Labute approximate surface area is 137 Å². The maximum absolute atomic E-state index is 12.7. The molecule has 1 aromatic heterocycles. The Hall–Kier alpha value is -0.800. The van der Waals surface area contributed by atoms with Crippen molar-refractivity contribution >= 4 is 29.1 Å². The number of carbonyl (C=O) groups is 1. The molecular formula is C16H24Cl2N2O. The minimum Gasteiger partial charge on any atom is -0.339 e. The van der Waals surface area contributed by atoms with Crippen LogP contribution >= 0.6 is 23.2 Å². The Morgan fingerprint density at radius 1 is 1.14 bits per heavy atom. The highest BCUT2D eigenvalue weighted by Crippen LogP contribution is 2.21. The first kappa shape index (κ1) is 18.2. The molecule has 0 unspecified atom stereocenters. The van der Waals surface area contributed by atoms with Gasteiger partial charge in [-0.3, -0.25) is 4.79 Å². The van der Waals surface area contributed by atoms with Crippen LogP contribution in [-0.4, -0.2) is 28.9 Å². The van der Waals surface area contributed by atoms with Gasteiger partial charge >= 0.3 is 0 Å². The lowest BCUT2D eigenvalue weighted by molar-refractivity contribution is 0.0741. The van der Waals surface area contributed by atoms with Crippen LogP contribution in [-0.2, 0) is 0 Å². The van der Waals surface area contributed by atoms with Crippen LogP contribution in [0.1, 0.15) is 50.9 Å². The second-order valence-electron chi connectivity index (χ2n) is 6.14. The molecule has 21 heavy (non-hydrogen) atoms. The molecule has 0 saturated carbocycles. The lowest BCUT2D eigenvalue weighted by Crippen LogP contribution is -2.34. The molecule has 1 heterocycles. The van der Waals surface area contributed by atoms with E-state index in [9.17, 15) is 4.79 Å². The lowest BCUT2D eigenvalue weighted by Gasteiger charge is -2.25. The summed E-state index contributed by atoms with van der Waals surface area (Å²) < 4.78 is 0. The van der Waals surface area contributed by atoms with Crippen LogP contribution in [0, 0.1) is 11.8 Å². The third kappa shape index (κ3) is 6.23. The maximum atomic E-state index is 12.7. The van der Waals surface area contributed by atoms with Crippen molar-refractivity contribution in [3.05, 3.63) is 28.0 Å². The van der Waals surface area contributed by atoms with E-state index in [2.05, 4.69) is 32.7 Å². The molecule has 0 radical (unpaired) electrons. The van der Waals surface area contributed by atoms with Crippen molar-refractivity contribution in [1.82, 2.24) is 9.88 Å². The first-order valence-corrected chi connectivity index (χ1v) is 8.17. The number of aromatic nitrogens is 1. The molecular weight excluding hydrogens is 307 g/mol. The van der Waals surface area contributed by atoms with Gasteiger partial charge in [0.1, 0.15) is 5.15 Å². The van der Waals surface area contributed by atoms with E-state index in [0.29, 0.717) is 22.4 Å². The second kappa shape index (κ2) is 8.60. The molecule has 0 aliphatic heterocycles. The standard InChI is InChI=1S/C16H24Cl2N2O/c1-11(2)5-7-20(8-6-12(3)4)16(21)13-9-15(18)19-10-14(13)17/h9-12H,5-8H2,1-4H3. The van der Waals surface area contributed by atoms with Gasteiger partial charge in [0.2, 0.25) is 0 Å². The maximum Gasteiger partial charge on any atom is 0.255 e. The summed E-state index contributed by atoms with van der Waals surface area (Å²) in [6.07, 6.45) is 3.38.